The SMILES string of the molecule is Cc1cc([N+](=O)[O-])cnc1NCc1ccc(F)c(F)c1. The highest BCUT2D eigenvalue weighted by molar-refractivity contribution is 5.48. The van der Waals surface area contributed by atoms with Crippen molar-refractivity contribution in [2.24, 2.45) is 0 Å². The van der Waals surface area contributed by atoms with Gasteiger partial charge in [-0.1, -0.05) is 6.07 Å². The second kappa shape index (κ2) is 5.60. The molecule has 0 aliphatic heterocycles. The first-order chi connectivity index (χ1) is 9.47. The molecular weight excluding hydrogens is 268 g/mol. The Labute approximate surface area is 113 Å². The molecule has 0 saturated heterocycles. The van der Waals surface area contributed by atoms with Crippen LogP contribution in [0.1, 0.15) is 11.1 Å². The van der Waals surface area contributed by atoms with Crippen LogP contribution in [0.2, 0.25) is 0 Å². The third-order valence-electron chi connectivity index (χ3n) is 2.72. The van der Waals surface area contributed by atoms with Crippen molar-refractivity contribution >= 4 is 11.5 Å². The molecule has 0 bridgehead atoms. The number of anilines is 1. The number of hydrogen-bond donors (Lipinski definition) is 1. The topological polar surface area (TPSA) is 68.1 Å². The van der Waals surface area contributed by atoms with Crippen LogP contribution in [-0.4, -0.2) is 9.91 Å². The molecule has 1 aromatic carbocycles. The van der Waals surface area contributed by atoms with Crippen LogP contribution in [0.3, 0.4) is 0 Å². The monoisotopic (exact) mass is 279 g/mol. The lowest BCUT2D eigenvalue weighted by atomic mass is 10.2. The molecule has 0 saturated carbocycles. The van der Waals surface area contributed by atoms with Gasteiger partial charge >= 0.3 is 0 Å². The zero-order valence-corrected chi connectivity index (χ0v) is 10.6. The van der Waals surface area contributed by atoms with Gasteiger partial charge in [0.05, 0.1) is 4.92 Å². The number of halogens is 2. The van der Waals surface area contributed by atoms with Gasteiger partial charge in [0, 0.05) is 12.6 Å². The maximum Gasteiger partial charge on any atom is 0.287 e. The van der Waals surface area contributed by atoms with Gasteiger partial charge in [0.15, 0.2) is 11.6 Å². The first kappa shape index (κ1) is 13.9. The third kappa shape index (κ3) is 3.05. The summed E-state index contributed by atoms with van der Waals surface area (Å²) < 4.78 is 25.8. The maximum absolute atomic E-state index is 13.0. The normalized spacial score (nSPS) is 10.3. The van der Waals surface area contributed by atoms with E-state index in [0.717, 1.165) is 18.3 Å². The smallest absolute Gasteiger partial charge is 0.287 e. The van der Waals surface area contributed by atoms with E-state index in [4.69, 9.17) is 0 Å². The Hall–Kier alpha value is -2.57. The minimum Gasteiger partial charge on any atom is -0.366 e. The van der Waals surface area contributed by atoms with Gasteiger partial charge in [0.2, 0.25) is 0 Å². The third-order valence-corrected chi connectivity index (χ3v) is 2.72. The first-order valence-corrected chi connectivity index (χ1v) is 5.76. The summed E-state index contributed by atoms with van der Waals surface area (Å²) in [6.07, 6.45) is 1.14. The molecule has 5 nitrogen and oxygen atoms in total. The van der Waals surface area contributed by atoms with E-state index in [9.17, 15) is 18.9 Å². The number of nitrogens with zero attached hydrogens (tertiary/aromatic N) is 2. The Bertz CT molecular complexity index is 662. The molecule has 0 unspecified atom stereocenters. The standard InChI is InChI=1S/C13H11F2N3O2/c1-8-4-10(18(19)20)7-17-13(8)16-6-9-2-3-11(14)12(15)5-9/h2-5,7H,6H2,1H3,(H,16,17). The maximum atomic E-state index is 13.0. The summed E-state index contributed by atoms with van der Waals surface area (Å²) >= 11 is 0. The molecule has 0 spiro atoms. The zero-order valence-electron chi connectivity index (χ0n) is 10.6. The number of pyridine rings is 1. The van der Waals surface area contributed by atoms with Crippen molar-refractivity contribution in [1.29, 1.82) is 0 Å². The van der Waals surface area contributed by atoms with Crippen LogP contribution in [0.5, 0.6) is 0 Å². The van der Waals surface area contributed by atoms with Crippen LogP contribution in [0, 0.1) is 28.7 Å². The number of aromatic nitrogens is 1. The highest BCUT2D eigenvalue weighted by Crippen LogP contribution is 2.19. The van der Waals surface area contributed by atoms with Crippen molar-refractivity contribution in [1.82, 2.24) is 4.98 Å². The molecule has 0 aliphatic carbocycles. The molecule has 1 aromatic heterocycles. The van der Waals surface area contributed by atoms with E-state index in [0.29, 0.717) is 16.9 Å². The molecule has 0 aliphatic rings. The fourth-order valence-electron chi connectivity index (χ4n) is 1.68. The first-order valence-electron chi connectivity index (χ1n) is 5.76. The summed E-state index contributed by atoms with van der Waals surface area (Å²) in [6, 6.07) is 4.97. The van der Waals surface area contributed by atoms with Crippen LogP contribution in [0.25, 0.3) is 0 Å². The summed E-state index contributed by atoms with van der Waals surface area (Å²) in [4.78, 5) is 14.0. The molecular formula is C13H11F2N3O2. The van der Waals surface area contributed by atoms with Gasteiger partial charge in [-0.05, 0) is 30.2 Å². The van der Waals surface area contributed by atoms with Gasteiger partial charge in [0.1, 0.15) is 12.0 Å². The predicted octanol–water partition coefficient (Wildman–Crippen LogP) is 3.19. The van der Waals surface area contributed by atoms with Gasteiger partial charge in [-0.3, -0.25) is 10.1 Å². The predicted molar refractivity (Wildman–Crippen MR) is 69.3 cm³/mol. The lowest BCUT2D eigenvalue weighted by Gasteiger charge is -2.08. The number of aryl methyl sites for hydroxylation is 1. The number of benzene rings is 1. The molecule has 0 fully saturated rings. The zero-order chi connectivity index (χ0) is 14.7. The molecule has 0 atom stereocenters. The molecule has 1 N–H and O–H groups in total. The van der Waals surface area contributed by atoms with E-state index in [-0.39, 0.29) is 12.2 Å². The second-order valence-electron chi connectivity index (χ2n) is 4.22. The van der Waals surface area contributed by atoms with Crippen LogP contribution in [0.4, 0.5) is 20.3 Å². The van der Waals surface area contributed by atoms with Crippen molar-refractivity contribution in [3.63, 3.8) is 0 Å². The molecule has 2 aromatic rings. The number of rotatable bonds is 4. The van der Waals surface area contributed by atoms with Gasteiger partial charge in [0.25, 0.3) is 5.69 Å². The van der Waals surface area contributed by atoms with Crippen molar-refractivity contribution in [2.75, 3.05) is 5.32 Å². The van der Waals surface area contributed by atoms with E-state index < -0.39 is 16.6 Å². The van der Waals surface area contributed by atoms with E-state index in [1.807, 2.05) is 0 Å². The van der Waals surface area contributed by atoms with Crippen molar-refractivity contribution < 1.29 is 13.7 Å². The average molecular weight is 279 g/mol. The Morgan fingerprint density at radius 2 is 2.05 bits per heavy atom. The average Bonchev–Trinajstić information content (AvgIpc) is 2.41. The highest BCUT2D eigenvalue weighted by Gasteiger charge is 2.09. The van der Waals surface area contributed by atoms with Crippen LogP contribution in [-0.2, 0) is 6.54 Å². The molecule has 2 rings (SSSR count). The Kier molecular flexibility index (Phi) is 3.88. The Morgan fingerprint density at radius 3 is 2.65 bits per heavy atom. The molecule has 7 heteroatoms. The minimum absolute atomic E-state index is 0.0964. The fraction of sp³-hybridized carbons (Fsp3) is 0.154. The molecule has 104 valence electrons. The summed E-state index contributed by atoms with van der Waals surface area (Å²) in [5, 5.41) is 13.5. The summed E-state index contributed by atoms with van der Waals surface area (Å²) in [6.45, 7) is 1.91. The van der Waals surface area contributed by atoms with Gasteiger partial charge in [-0.15, -0.1) is 0 Å². The molecule has 0 amide bonds. The summed E-state index contributed by atoms with van der Waals surface area (Å²) in [5.41, 5.74) is 1.05. The summed E-state index contributed by atoms with van der Waals surface area (Å²) in [5.74, 6) is -1.36. The van der Waals surface area contributed by atoms with E-state index >= 15 is 0 Å². The van der Waals surface area contributed by atoms with Gasteiger partial charge in [-0.25, -0.2) is 13.8 Å². The Balaban J connectivity index is 2.10. The van der Waals surface area contributed by atoms with Crippen molar-refractivity contribution in [2.45, 2.75) is 13.5 Å². The highest BCUT2D eigenvalue weighted by atomic mass is 19.2. The number of nitro groups is 1. The quantitative estimate of drug-likeness (QED) is 0.689. The minimum atomic E-state index is -0.919. The van der Waals surface area contributed by atoms with E-state index in [1.54, 1.807) is 6.92 Å². The number of hydrogen-bond acceptors (Lipinski definition) is 4. The van der Waals surface area contributed by atoms with E-state index in [1.165, 1.54) is 12.1 Å². The number of nitrogens with one attached hydrogen (secondary N) is 1. The van der Waals surface area contributed by atoms with Crippen LogP contribution < -0.4 is 5.32 Å². The lowest BCUT2D eigenvalue weighted by molar-refractivity contribution is -0.385. The van der Waals surface area contributed by atoms with Crippen LogP contribution in [0.15, 0.2) is 30.5 Å². The molecule has 20 heavy (non-hydrogen) atoms. The summed E-state index contributed by atoms with van der Waals surface area (Å²) in [7, 11) is 0. The Morgan fingerprint density at radius 1 is 1.30 bits per heavy atom. The van der Waals surface area contributed by atoms with Gasteiger partial charge < -0.3 is 5.32 Å². The molecule has 0 radical (unpaired) electrons. The van der Waals surface area contributed by atoms with E-state index in [2.05, 4.69) is 10.3 Å². The van der Waals surface area contributed by atoms with Crippen molar-refractivity contribution in [3.05, 3.63) is 63.3 Å². The molecule has 1 heterocycles. The lowest BCUT2D eigenvalue weighted by Crippen LogP contribution is -2.04. The van der Waals surface area contributed by atoms with Crippen LogP contribution >= 0.6 is 0 Å². The second-order valence-corrected chi connectivity index (χ2v) is 4.22. The van der Waals surface area contributed by atoms with Crippen molar-refractivity contribution in [3.8, 4) is 0 Å². The van der Waals surface area contributed by atoms with Gasteiger partial charge in [-0.2, -0.15) is 0 Å². The fourth-order valence-corrected chi connectivity index (χ4v) is 1.68. The largest absolute Gasteiger partial charge is 0.366 e.